The van der Waals surface area contributed by atoms with E-state index in [-0.39, 0.29) is 0 Å². The van der Waals surface area contributed by atoms with Gasteiger partial charge in [0.15, 0.2) is 11.5 Å². The second-order valence-corrected chi connectivity index (χ2v) is 4.97. The minimum Gasteiger partial charge on any atom is -0.493 e. The molecule has 0 bridgehead atoms. The highest BCUT2D eigenvalue weighted by atomic mass is 35.5. The van der Waals surface area contributed by atoms with Crippen LogP contribution in [0.1, 0.15) is 31.2 Å². The Balaban J connectivity index is 2.49. The molecular weight excluding hydrogens is 262 g/mol. The Kier molecular flexibility index (Phi) is 7.68. The average molecular weight is 286 g/mol. The molecule has 0 heterocycles. The molecule has 0 fully saturated rings. The zero-order valence-corrected chi connectivity index (χ0v) is 12.8. The van der Waals surface area contributed by atoms with Crippen LogP contribution in [0.5, 0.6) is 11.5 Å². The number of halogens is 1. The zero-order chi connectivity index (χ0) is 14.1. The van der Waals surface area contributed by atoms with Gasteiger partial charge in [-0.1, -0.05) is 24.4 Å². The molecule has 0 saturated carbocycles. The van der Waals surface area contributed by atoms with Gasteiger partial charge in [-0.3, -0.25) is 0 Å². The van der Waals surface area contributed by atoms with Gasteiger partial charge in [-0.05, 0) is 44.5 Å². The van der Waals surface area contributed by atoms with Gasteiger partial charge in [-0.2, -0.15) is 0 Å². The minimum absolute atomic E-state index is 0.685. The van der Waals surface area contributed by atoms with Crippen molar-refractivity contribution < 1.29 is 9.47 Å². The number of benzene rings is 1. The third-order valence-corrected chi connectivity index (χ3v) is 3.53. The number of methoxy groups -OCH3 is 2. The molecule has 0 aliphatic carbocycles. The molecule has 1 aromatic carbocycles. The number of hydrogen-bond acceptors (Lipinski definition) is 3. The Morgan fingerprint density at radius 1 is 1.00 bits per heavy atom. The lowest BCUT2D eigenvalue weighted by molar-refractivity contribution is 0.354. The fourth-order valence-electron chi connectivity index (χ4n) is 2.06. The van der Waals surface area contributed by atoms with E-state index in [0.29, 0.717) is 5.75 Å². The molecule has 0 spiro atoms. The number of aryl methyl sites for hydroxylation is 1. The van der Waals surface area contributed by atoms with Gasteiger partial charge in [0, 0.05) is 11.1 Å². The van der Waals surface area contributed by atoms with Gasteiger partial charge < -0.3 is 14.8 Å². The highest BCUT2D eigenvalue weighted by Gasteiger charge is 2.09. The van der Waals surface area contributed by atoms with Crippen LogP contribution >= 0.6 is 11.6 Å². The van der Waals surface area contributed by atoms with E-state index in [1.54, 1.807) is 14.2 Å². The maximum Gasteiger partial charge on any atom is 0.162 e. The molecule has 0 atom stereocenters. The second-order valence-electron chi connectivity index (χ2n) is 4.57. The first-order chi connectivity index (χ1) is 9.22. The van der Waals surface area contributed by atoms with Crippen molar-refractivity contribution in [2.45, 2.75) is 32.1 Å². The van der Waals surface area contributed by atoms with Gasteiger partial charge in [0.2, 0.25) is 0 Å². The monoisotopic (exact) mass is 285 g/mol. The fourth-order valence-corrected chi connectivity index (χ4v) is 2.31. The number of ether oxygens (including phenoxy) is 2. The molecule has 0 aromatic heterocycles. The van der Waals surface area contributed by atoms with Crippen molar-refractivity contribution in [3.8, 4) is 11.5 Å². The number of unbranched alkanes of at least 4 members (excludes halogenated alkanes) is 3. The Labute approximate surface area is 121 Å². The molecule has 1 N–H and O–H groups in total. The van der Waals surface area contributed by atoms with Gasteiger partial charge >= 0.3 is 0 Å². The van der Waals surface area contributed by atoms with E-state index in [1.807, 2.05) is 19.2 Å². The molecule has 3 nitrogen and oxygen atoms in total. The molecule has 19 heavy (non-hydrogen) atoms. The quantitative estimate of drug-likeness (QED) is 0.702. The van der Waals surface area contributed by atoms with Crippen LogP contribution in [-0.4, -0.2) is 27.8 Å². The molecule has 108 valence electrons. The molecule has 0 aliphatic heterocycles. The predicted molar refractivity (Wildman–Crippen MR) is 80.7 cm³/mol. The highest BCUT2D eigenvalue weighted by molar-refractivity contribution is 6.31. The van der Waals surface area contributed by atoms with Crippen LogP contribution in [0.25, 0.3) is 0 Å². The van der Waals surface area contributed by atoms with E-state index in [1.165, 1.54) is 19.3 Å². The van der Waals surface area contributed by atoms with Gasteiger partial charge in [0.05, 0.1) is 14.2 Å². The Morgan fingerprint density at radius 2 is 1.63 bits per heavy atom. The van der Waals surface area contributed by atoms with E-state index < -0.39 is 0 Å². The van der Waals surface area contributed by atoms with Gasteiger partial charge in [0.1, 0.15) is 0 Å². The highest BCUT2D eigenvalue weighted by Crippen LogP contribution is 2.33. The molecule has 0 amide bonds. The van der Waals surface area contributed by atoms with Crippen LogP contribution in [0.15, 0.2) is 12.1 Å². The molecule has 1 aromatic rings. The summed E-state index contributed by atoms with van der Waals surface area (Å²) in [6.45, 7) is 1.09. The van der Waals surface area contributed by atoms with Crippen molar-refractivity contribution in [2.24, 2.45) is 0 Å². The van der Waals surface area contributed by atoms with E-state index in [4.69, 9.17) is 21.1 Å². The van der Waals surface area contributed by atoms with Crippen molar-refractivity contribution in [2.75, 3.05) is 27.8 Å². The summed E-state index contributed by atoms with van der Waals surface area (Å²) in [6, 6.07) is 3.81. The lowest BCUT2D eigenvalue weighted by atomic mass is 10.1. The third-order valence-electron chi connectivity index (χ3n) is 3.18. The Hall–Kier alpha value is -0.930. The van der Waals surface area contributed by atoms with E-state index in [2.05, 4.69) is 5.32 Å². The molecule has 0 unspecified atom stereocenters. The molecule has 0 aliphatic rings. The SMILES string of the molecule is CNCCCCCCc1cc(OC)c(OC)cc1Cl. The Bertz CT molecular complexity index is 383. The molecule has 0 saturated heterocycles. The van der Waals surface area contributed by atoms with E-state index in [0.717, 1.165) is 35.7 Å². The fraction of sp³-hybridized carbons (Fsp3) is 0.600. The standard InChI is InChI=1S/C15H24ClNO2/c1-17-9-7-5-4-6-8-12-10-14(18-2)15(19-3)11-13(12)16/h10-11,17H,4-9H2,1-3H3. The van der Waals surface area contributed by atoms with Crippen LogP contribution in [0.2, 0.25) is 5.02 Å². The van der Waals surface area contributed by atoms with Gasteiger partial charge in [-0.25, -0.2) is 0 Å². The largest absolute Gasteiger partial charge is 0.493 e. The number of nitrogens with one attached hydrogen (secondary N) is 1. The van der Waals surface area contributed by atoms with Gasteiger partial charge in [0.25, 0.3) is 0 Å². The predicted octanol–water partition coefficient (Wildman–Crippen LogP) is 3.68. The van der Waals surface area contributed by atoms with Crippen LogP contribution in [-0.2, 0) is 6.42 Å². The van der Waals surface area contributed by atoms with Crippen molar-refractivity contribution in [1.82, 2.24) is 5.32 Å². The number of hydrogen-bond donors (Lipinski definition) is 1. The molecule has 0 radical (unpaired) electrons. The molecule has 1 rings (SSSR count). The lowest BCUT2D eigenvalue weighted by Gasteiger charge is -2.11. The molecule has 4 heteroatoms. The van der Waals surface area contributed by atoms with Crippen LogP contribution < -0.4 is 14.8 Å². The first kappa shape index (κ1) is 16.1. The zero-order valence-electron chi connectivity index (χ0n) is 12.1. The van der Waals surface area contributed by atoms with E-state index in [9.17, 15) is 0 Å². The van der Waals surface area contributed by atoms with Crippen molar-refractivity contribution in [3.05, 3.63) is 22.7 Å². The summed E-state index contributed by atoms with van der Waals surface area (Å²) in [7, 11) is 5.26. The summed E-state index contributed by atoms with van der Waals surface area (Å²) in [5.41, 5.74) is 1.13. The van der Waals surface area contributed by atoms with Crippen molar-refractivity contribution in [1.29, 1.82) is 0 Å². The summed E-state index contributed by atoms with van der Waals surface area (Å²) in [5.74, 6) is 1.43. The van der Waals surface area contributed by atoms with E-state index >= 15 is 0 Å². The first-order valence-corrected chi connectivity index (χ1v) is 7.15. The summed E-state index contributed by atoms with van der Waals surface area (Å²) in [6.07, 6.45) is 5.85. The van der Waals surface area contributed by atoms with Crippen LogP contribution in [0.3, 0.4) is 0 Å². The van der Waals surface area contributed by atoms with Crippen molar-refractivity contribution in [3.63, 3.8) is 0 Å². The maximum atomic E-state index is 6.25. The topological polar surface area (TPSA) is 30.5 Å². The maximum absolute atomic E-state index is 6.25. The van der Waals surface area contributed by atoms with Gasteiger partial charge in [-0.15, -0.1) is 0 Å². The number of rotatable bonds is 9. The second kappa shape index (κ2) is 9.05. The average Bonchev–Trinajstić information content (AvgIpc) is 2.43. The summed E-state index contributed by atoms with van der Waals surface area (Å²) in [4.78, 5) is 0. The summed E-state index contributed by atoms with van der Waals surface area (Å²) in [5, 5.41) is 3.92. The third kappa shape index (κ3) is 5.29. The van der Waals surface area contributed by atoms with Crippen molar-refractivity contribution >= 4 is 11.6 Å². The molecular formula is C15H24ClNO2. The van der Waals surface area contributed by atoms with Crippen LogP contribution in [0, 0.1) is 0 Å². The van der Waals surface area contributed by atoms with Crippen LogP contribution in [0.4, 0.5) is 0 Å². The lowest BCUT2D eigenvalue weighted by Crippen LogP contribution is -2.06. The summed E-state index contributed by atoms with van der Waals surface area (Å²) >= 11 is 6.25. The minimum atomic E-state index is 0.685. The Morgan fingerprint density at radius 3 is 2.26 bits per heavy atom. The normalized spacial score (nSPS) is 10.5. The smallest absolute Gasteiger partial charge is 0.162 e. The summed E-state index contributed by atoms with van der Waals surface area (Å²) < 4.78 is 10.5. The first-order valence-electron chi connectivity index (χ1n) is 6.78.